The summed E-state index contributed by atoms with van der Waals surface area (Å²) in [6.07, 6.45) is 0. The van der Waals surface area contributed by atoms with Gasteiger partial charge in [-0.05, 0) is 74.1 Å². The first-order valence-corrected chi connectivity index (χ1v) is 9.49. The molecular formula is C23H21N3O2S. The van der Waals surface area contributed by atoms with Crippen LogP contribution in [0.15, 0.2) is 72.8 Å². The third kappa shape index (κ3) is 5.49. The Balaban J connectivity index is 1.61. The number of carbonyl (C=O) groups is 2. The molecule has 0 spiro atoms. The quantitative estimate of drug-likeness (QED) is 0.553. The predicted molar refractivity (Wildman–Crippen MR) is 120 cm³/mol. The Kier molecular flexibility index (Phi) is 6.36. The fraction of sp³-hybridized carbons (Fsp3) is 0.0870. The zero-order valence-corrected chi connectivity index (χ0v) is 17.0. The van der Waals surface area contributed by atoms with Crippen molar-refractivity contribution in [2.75, 3.05) is 10.6 Å². The molecule has 0 aliphatic rings. The number of benzene rings is 3. The Hall–Kier alpha value is -3.51. The van der Waals surface area contributed by atoms with E-state index in [1.54, 1.807) is 36.4 Å². The summed E-state index contributed by atoms with van der Waals surface area (Å²) in [5.41, 5.74) is 4.50. The second-order valence-electron chi connectivity index (χ2n) is 6.62. The third-order valence-corrected chi connectivity index (χ3v) is 4.51. The number of nitrogens with one attached hydrogen (secondary N) is 3. The van der Waals surface area contributed by atoms with Crippen LogP contribution in [0.25, 0.3) is 0 Å². The van der Waals surface area contributed by atoms with Crippen LogP contribution in [0.1, 0.15) is 31.8 Å². The molecule has 6 heteroatoms. The lowest BCUT2D eigenvalue weighted by Crippen LogP contribution is -2.34. The van der Waals surface area contributed by atoms with Gasteiger partial charge < -0.3 is 10.6 Å². The van der Waals surface area contributed by atoms with Gasteiger partial charge in [-0.2, -0.15) is 0 Å². The molecule has 29 heavy (non-hydrogen) atoms. The van der Waals surface area contributed by atoms with E-state index in [1.807, 2.05) is 50.2 Å². The average molecular weight is 404 g/mol. The van der Waals surface area contributed by atoms with Gasteiger partial charge in [0.15, 0.2) is 5.11 Å². The summed E-state index contributed by atoms with van der Waals surface area (Å²) < 4.78 is 0. The maximum absolute atomic E-state index is 12.3. The number of hydrogen-bond donors (Lipinski definition) is 3. The summed E-state index contributed by atoms with van der Waals surface area (Å²) in [5, 5.41) is 8.76. The molecular weight excluding hydrogens is 382 g/mol. The van der Waals surface area contributed by atoms with Gasteiger partial charge in [0.2, 0.25) is 0 Å². The highest BCUT2D eigenvalue weighted by molar-refractivity contribution is 7.80. The van der Waals surface area contributed by atoms with Crippen LogP contribution in [-0.2, 0) is 0 Å². The molecule has 0 aromatic heterocycles. The lowest BCUT2D eigenvalue weighted by molar-refractivity contribution is 0.0976. The van der Waals surface area contributed by atoms with Crippen molar-refractivity contribution >= 4 is 40.5 Å². The Bertz CT molecular complexity index is 1050. The van der Waals surface area contributed by atoms with Gasteiger partial charge in [-0.15, -0.1) is 0 Å². The number of hydrogen-bond acceptors (Lipinski definition) is 3. The van der Waals surface area contributed by atoms with E-state index in [0.29, 0.717) is 16.8 Å². The van der Waals surface area contributed by atoms with Gasteiger partial charge in [0.25, 0.3) is 11.8 Å². The van der Waals surface area contributed by atoms with Gasteiger partial charge in [0.1, 0.15) is 0 Å². The molecule has 0 bridgehead atoms. The Labute approximate surface area is 175 Å². The molecule has 0 fully saturated rings. The molecule has 0 aliphatic heterocycles. The van der Waals surface area contributed by atoms with Crippen molar-refractivity contribution in [2.24, 2.45) is 0 Å². The molecule has 0 radical (unpaired) electrons. The fourth-order valence-corrected chi connectivity index (χ4v) is 2.92. The smallest absolute Gasteiger partial charge is 0.257 e. The number of anilines is 2. The molecule has 3 aromatic rings. The minimum Gasteiger partial charge on any atom is -0.332 e. The third-order valence-electron chi connectivity index (χ3n) is 4.31. The monoisotopic (exact) mass is 403 g/mol. The van der Waals surface area contributed by atoms with Crippen LogP contribution >= 0.6 is 12.2 Å². The fourth-order valence-electron chi connectivity index (χ4n) is 2.71. The molecule has 3 rings (SSSR count). The summed E-state index contributed by atoms with van der Waals surface area (Å²) in [4.78, 5) is 24.6. The molecule has 0 unspecified atom stereocenters. The average Bonchev–Trinajstić information content (AvgIpc) is 2.71. The van der Waals surface area contributed by atoms with Crippen molar-refractivity contribution < 1.29 is 9.59 Å². The van der Waals surface area contributed by atoms with Crippen LogP contribution < -0.4 is 16.0 Å². The van der Waals surface area contributed by atoms with Crippen molar-refractivity contribution in [3.63, 3.8) is 0 Å². The lowest BCUT2D eigenvalue weighted by atomic mass is 10.1. The molecule has 0 heterocycles. The molecule has 2 amide bonds. The first-order valence-electron chi connectivity index (χ1n) is 9.08. The maximum atomic E-state index is 12.3. The van der Waals surface area contributed by atoms with E-state index in [-0.39, 0.29) is 16.9 Å². The normalized spacial score (nSPS) is 10.1. The molecule has 146 valence electrons. The summed E-state index contributed by atoms with van der Waals surface area (Å²) in [6.45, 7) is 3.85. The van der Waals surface area contributed by atoms with Crippen LogP contribution in [0.3, 0.4) is 0 Å². The van der Waals surface area contributed by atoms with Gasteiger partial charge in [-0.1, -0.05) is 35.9 Å². The number of rotatable bonds is 4. The Morgan fingerprint density at radius 1 is 0.759 bits per heavy atom. The maximum Gasteiger partial charge on any atom is 0.257 e. The first kappa shape index (κ1) is 20.2. The minimum atomic E-state index is -0.272. The Morgan fingerprint density at radius 3 is 2.07 bits per heavy atom. The van der Waals surface area contributed by atoms with E-state index in [0.717, 1.165) is 16.8 Å². The minimum absolute atomic E-state index is 0.171. The summed E-state index contributed by atoms with van der Waals surface area (Å²) >= 11 is 5.24. The van der Waals surface area contributed by atoms with Crippen LogP contribution in [0.2, 0.25) is 0 Å². The molecule has 3 N–H and O–H groups in total. The summed E-state index contributed by atoms with van der Waals surface area (Å²) in [7, 11) is 0. The standard InChI is InChI=1S/C23H21N3O2S/c1-15-8-10-18(11-9-15)22(28)26-23(29)24-19-12-13-20(16(2)14-19)25-21(27)17-6-4-3-5-7-17/h3-14H,1-2H3,(H,25,27)(H2,24,26,28,29). The van der Waals surface area contributed by atoms with Crippen molar-refractivity contribution in [1.82, 2.24) is 5.32 Å². The van der Waals surface area contributed by atoms with Crippen molar-refractivity contribution in [3.8, 4) is 0 Å². The molecule has 0 saturated heterocycles. The van der Waals surface area contributed by atoms with Gasteiger partial charge in [0, 0.05) is 22.5 Å². The van der Waals surface area contributed by atoms with Crippen LogP contribution in [-0.4, -0.2) is 16.9 Å². The van der Waals surface area contributed by atoms with E-state index in [1.165, 1.54) is 0 Å². The molecule has 0 saturated carbocycles. The van der Waals surface area contributed by atoms with Gasteiger partial charge in [-0.25, -0.2) is 0 Å². The van der Waals surface area contributed by atoms with Gasteiger partial charge in [0.05, 0.1) is 0 Å². The van der Waals surface area contributed by atoms with E-state index in [4.69, 9.17) is 12.2 Å². The topological polar surface area (TPSA) is 70.2 Å². The highest BCUT2D eigenvalue weighted by Crippen LogP contribution is 2.20. The lowest BCUT2D eigenvalue weighted by Gasteiger charge is -2.13. The van der Waals surface area contributed by atoms with E-state index in [9.17, 15) is 9.59 Å². The Morgan fingerprint density at radius 2 is 1.41 bits per heavy atom. The van der Waals surface area contributed by atoms with E-state index in [2.05, 4.69) is 16.0 Å². The predicted octanol–water partition coefficient (Wildman–Crippen LogP) is 4.68. The van der Waals surface area contributed by atoms with E-state index < -0.39 is 0 Å². The number of thiocarbonyl (C=S) groups is 1. The highest BCUT2D eigenvalue weighted by atomic mass is 32.1. The van der Waals surface area contributed by atoms with Crippen molar-refractivity contribution in [1.29, 1.82) is 0 Å². The second kappa shape index (κ2) is 9.12. The van der Waals surface area contributed by atoms with Gasteiger partial charge in [-0.3, -0.25) is 14.9 Å². The second-order valence-corrected chi connectivity index (χ2v) is 7.03. The van der Waals surface area contributed by atoms with Crippen molar-refractivity contribution in [2.45, 2.75) is 13.8 Å². The number of carbonyl (C=O) groups excluding carboxylic acids is 2. The van der Waals surface area contributed by atoms with Crippen LogP contribution in [0.5, 0.6) is 0 Å². The highest BCUT2D eigenvalue weighted by Gasteiger charge is 2.10. The van der Waals surface area contributed by atoms with Crippen LogP contribution in [0.4, 0.5) is 11.4 Å². The van der Waals surface area contributed by atoms with Crippen molar-refractivity contribution in [3.05, 3.63) is 95.1 Å². The summed E-state index contributed by atoms with van der Waals surface area (Å²) in [6, 6.07) is 21.7. The first-order chi connectivity index (χ1) is 13.9. The van der Waals surface area contributed by atoms with E-state index >= 15 is 0 Å². The number of amides is 2. The number of aryl methyl sites for hydroxylation is 2. The molecule has 5 nitrogen and oxygen atoms in total. The molecule has 3 aromatic carbocycles. The zero-order valence-electron chi connectivity index (χ0n) is 16.2. The summed E-state index contributed by atoms with van der Waals surface area (Å²) in [5.74, 6) is -0.443. The zero-order chi connectivity index (χ0) is 20.8. The molecule has 0 aliphatic carbocycles. The SMILES string of the molecule is Cc1ccc(C(=O)NC(=S)Nc2ccc(NC(=O)c3ccccc3)c(C)c2)cc1. The van der Waals surface area contributed by atoms with Gasteiger partial charge >= 0.3 is 0 Å². The van der Waals surface area contributed by atoms with Crippen LogP contribution in [0, 0.1) is 13.8 Å². The largest absolute Gasteiger partial charge is 0.332 e. The molecule has 0 atom stereocenters.